The number of carbonyl (C=O) groups excluding carboxylic acids is 1. The summed E-state index contributed by atoms with van der Waals surface area (Å²) in [6.07, 6.45) is 0.781. The molecule has 0 saturated carbocycles. The van der Waals surface area contributed by atoms with Crippen LogP contribution in [0.4, 0.5) is 0 Å². The fourth-order valence-electron chi connectivity index (χ4n) is 2.99. The first-order valence-electron chi connectivity index (χ1n) is 9.14. The Morgan fingerprint density at radius 1 is 1.18 bits per heavy atom. The third kappa shape index (κ3) is 3.73. The second-order valence-electron chi connectivity index (χ2n) is 6.84. The maximum atomic E-state index is 13.2. The minimum Gasteiger partial charge on any atom is -0.352 e. The van der Waals surface area contributed by atoms with E-state index in [1.165, 1.54) is 4.57 Å². The van der Waals surface area contributed by atoms with Crippen LogP contribution in [0.3, 0.4) is 0 Å². The molecule has 2 aromatic carbocycles. The van der Waals surface area contributed by atoms with Gasteiger partial charge >= 0.3 is 5.69 Å². The van der Waals surface area contributed by atoms with E-state index in [-0.39, 0.29) is 18.5 Å². The van der Waals surface area contributed by atoms with Gasteiger partial charge in [-0.2, -0.15) is 0 Å². The Balaban J connectivity index is 2.23. The van der Waals surface area contributed by atoms with Crippen molar-refractivity contribution in [2.45, 2.75) is 39.8 Å². The number of hydrogen-bond acceptors (Lipinski definition) is 3. The van der Waals surface area contributed by atoms with Crippen molar-refractivity contribution in [2.24, 2.45) is 0 Å². The SMILES string of the molecule is CC[C@H](C)NC(=O)Cn1c(=O)n(-c2ccc(C)c(Cl)c2)c(=O)c2ccccc21. The lowest BCUT2D eigenvalue weighted by Gasteiger charge is -2.16. The Labute approximate surface area is 167 Å². The summed E-state index contributed by atoms with van der Waals surface area (Å²) < 4.78 is 2.38. The Morgan fingerprint density at radius 3 is 2.57 bits per heavy atom. The standard InChI is InChI=1S/C21H22ClN3O3/c1-4-14(3)23-19(26)12-24-18-8-6-5-7-16(18)20(27)25(21(24)28)15-10-9-13(2)17(22)11-15/h5-11,14H,4,12H2,1-3H3,(H,23,26)/t14-/m0/s1. The second kappa shape index (κ2) is 8.02. The van der Waals surface area contributed by atoms with Gasteiger partial charge in [-0.25, -0.2) is 9.36 Å². The molecule has 0 aliphatic heterocycles. The smallest absolute Gasteiger partial charge is 0.336 e. The molecule has 0 aliphatic carbocycles. The molecule has 28 heavy (non-hydrogen) atoms. The Hall–Kier alpha value is -2.86. The summed E-state index contributed by atoms with van der Waals surface area (Å²) in [6.45, 7) is 5.53. The number of fused-ring (bicyclic) bond motifs is 1. The summed E-state index contributed by atoms with van der Waals surface area (Å²) >= 11 is 6.20. The monoisotopic (exact) mass is 399 g/mol. The van der Waals surface area contributed by atoms with Crippen molar-refractivity contribution in [3.05, 3.63) is 73.9 Å². The van der Waals surface area contributed by atoms with Crippen LogP contribution < -0.4 is 16.6 Å². The third-order valence-corrected chi connectivity index (χ3v) is 5.19. The van der Waals surface area contributed by atoms with Crippen LogP contribution in [-0.4, -0.2) is 21.1 Å². The average molecular weight is 400 g/mol. The molecule has 146 valence electrons. The lowest BCUT2D eigenvalue weighted by atomic mass is 10.2. The highest BCUT2D eigenvalue weighted by molar-refractivity contribution is 6.31. The minimum atomic E-state index is -0.581. The normalized spacial score (nSPS) is 12.1. The molecule has 1 aromatic heterocycles. The van der Waals surface area contributed by atoms with Crippen LogP contribution >= 0.6 is 11.6 Å². The zero-order valence-electron chi connectivity index (χ0n) is 16.0. The molecule has 0 radical (unpaired) electrons. The molecule has 0 unspecified atom stereocenters. The summed E-state index contributed by atoms with van der Waals surface area (Å²) in [7, 11) is 0. The fraction of sp³-hybridized carbons (Fsp3) is 0.286. The van der Waals surface area contributed by atoms with E-state index >= 15 is 0 Å². The van der Waals surface area contributed by atoms with E-state index in [0.29, 0.717) is 21.6 Å². The van der Waals surface area contributed by atoms with Gasteiger partial charge < -0.3 is 5.32 Å². The van der Waals surface area contributed by atoms with Crippen LogP contribution in [0, 0.1) is 6.92 Å². The van der Waals surface area contributed by atoms with Gasteiger partial charge in [0.1, 0.15) is 6.54 Å². The van der Waals surface area contributed by atoms with E-state index in [9.17, 15) is 14.4 Å². The van der Waals surface area contributed by atoms with Gasteiger partial charge in [0.05, 0.1) is 16.6 Å². The molecule has 0 spiro atoms. The summed E-state index contributed by atoms with van der Waals surface area (Å²) in [5.74, 6) is -0.284. The van der Waals surface area contributed by atoms with Gasteiger partial charge in [0.15, 0.2) is 0 Å². The molecule has 3 rings (SSSR count). The van der Waals surface area contributed by atoms with Crippen molar-refractivity contribution in [2.75, 3.05) is 0 Å². The zero-order chi connectivity index (χ0) is 20.4. The molecule has 0 saturated heterocycles. The summed E-state index contributed by atoms with van der Waals surface area (Å²) in [4.78, 5) is 38.6. The van der Waals surface area contributed by atoms with Crippen LogP contribution in [0.15, 0.2) is 52.1 Å². The van der Waals surface area contributed by atoms with Crippen LogP contribution in [0.25, 0.3) is 16.6 Å². The summed E-state index contributed by atoms with van der Waals surface area (Å²) in [6, 6.07) is 11.8. The molecule has 1 heterocycles. The lowest BCUT2D eigenvalue weighted by molar-refractivity contribution is -0.122. The minimum absolute atomic E-state index is 0.00345. The van der Waals surface area contributed by atoms with Gasteiger partial charge in [-0.05, 0) is 50.1 Å². The van der Waals surface area contributed by atoms with Crippen molar-refractivity contribution >= 4 is 28.4 Å². The van der Waals surface area contributed by atoms with E-state index < -0.39 is 11.2 Å². The zero-order valence-corrected chi connectivity index (χ0v) is 16.8. The first-order valence-corrected chi connectivity index (χ1v) is 9.51. The predicted octanol–water partition coefficient (Wildman–Crippen LogP) is 3.03. The van der Waals surface area contributed by atoms with E-state index in [4.69, 9.17) is 11.6 Å². The number of rotatable bonds is 5. The van der Waals surface area contributed by atoms with Crippen LogP contribution in [0.5, 0.6) is 0 Å². The van der Waals surface area contributed by atoms with Crippen molar-refractivity contribution in [1.82, 2.24) is 14.5 Å². The molecule has 0 fully saturated rings. The second-order valence-corrected chi connectivity index (χ2v) is 7.24. The van der Waals surface area contributed by atoms with Gasteiger partial charge in [0.25, 0.3) is 5.56 Å². The van der Waals surface area contributed by atoms with Gasteiger partial charge in [0, 0.05) is 11.1 Å². The lowest BCUT2D eigenvalue weighted by Crippen LogP contribution is -2.43. The molecule has 6 nitrogen and oxygen atoms in total. The van der Waals surface area contributed by atoms with Gasteiger partial charge in [0.2, 0.25) is 5.91 Å². The molecule has 3 aromatic rings. The molecule has 1 N–H and O–H groups in total. The molecule has 1 atom stereocenters. The van der Waals surface area contributed by atoms with Crippen LogP contribution in [-0.2, 0) is 11.3 Å². The Kier molecular flexibility index (Phi) is 5.70. The number of aromatic nitrogens is 2. The highest BCUT2D eigenvalue weighted by Crippen LogP contribution is 2.18. The molecular formula is C21H22ClN3O3. The number of amides is 1. The third-order valence-electron chi connectivity index (χ3n) is 4.79. The van der Waals surface area contributed by atoms with E-state index in [1.807, 2.05) is 20.8 Å². The van der Waals surface area contributed by atoms with E-state index in [1.54, 1.807) is 42.5 Å². The first-order chi connectivity index (χ1) is 13.3. The Bertz CT molecular complexity index is 1160. The van der Waals surface area contributed by atoms with Crippen LogP contribution in [0.2, 0.25) is 5.02 Å². The van der Waals surface area contributed by atoms with Crippen molar-refractivity contribution in [3.8, 4) is 5.69 Å². The molecule has 0 aliphatic rings. The van der Waals surface area contributed by atoms with Gasteiger partial charge in [-0.3, -0.25) is 14.2 Å². The van der Waals surface area contributed by atoms with E-state index in [0.717, 1.165) is 16.6 Å². The molecule has 7 heteroatoms. The number of aryl methyl sites for hydroxylation is 1. The highest BCUT2D eigenvalue weighted by Gasteiger charge is 2.17. The summed E-state index contributed by atoms with van der Waals surface area (Å²) in [5.41, 5.74) is 0.605. The number of carbonyl (C=O) groups is 1. The van der Waals surface area contributed by atoms with Crippen molar-refractivity contribution in [1.29, 1.82) is 0 Å². The Morgan fingerprint density at radius 2 is 1.89 bits per heavy atom. The van der Waals surface area contributed by atoms with Gasteiger partial charge in [-0.1, -0.05) is 36.7 Å². The van der Waals surface area contributed by atoms with Crippen molar-refractivity contribution in [3.63, 3.8) is 0 Å². The number of nitrogens with one attached hydrogen (secondary N) is 1. The number of benzene rings is 2. The first kappa shape index (κ1) is 19.9. The number of halogens is 1. The summed E-state index contributed by atoms with van der Waals surface area (Å²) in [5, 5.41) is 3.67. The number of nitrogens with zero attached hydrogens (tertiary/aromatic N) is 2. The largest absolute Gasteiger partial charge is 0.352 e. The van der Waals surface area contributed by atoms with Crippen LogP contribution in [0.1, 0.15) is 25.8 Å². The maximum Gasteiger partial charge on any atom is 0.336 e. The molecule has 1 amide bonds. The maximum absolute atomic E-state index is 13.2. The van der Waals surface area contributed by atoms with E-state index in [2.05, 4.69) is 5.32 Å². The molecule has 0 bridgehead atoms. The quantitative estimate of drug-likeness (QED) is 0.716. The average Bonchev–Trinajstić information content (AvgIpc) is 2.68. The number of para-hydroxylation sites is 1. The van der Waals surface area contributed by atoms with Crippen molar-refractivity contribution < 1.29 is 4.79 Å². The predicted molar refractivity (Wildman–Crippen MR) is 111 cm³/mol. The highest BCUT2D eigenvalue weighted by atomic mass is 35.5. The fourth-order valence-corrected chi connectivity index (χ4v) is 3.16. The van der Waals surface area contributed by atoms with Gasteiger partial charge in [-0.15, -0.1) is 0 Å². The topological polar surface area (TPSA) is 73.1 Å². The number of hydrogen-bond donors (Lipinski definition) is 1. The molecular weight excluding hydrogens is 378 g/mol.